The molecule has 9 heteroatoms. The number of nitrogens with one attached hydrogen (secondary N) is 1. The number of quaternary nitrogens is 1. The van der Waals surface area contributed by atoms with Crippen LogP contribution in [-0.4, -0.2) is 73.4 Å². The zero-order chi connectivity index (χ0) is 25.2. The van der Waals surface area contributed by atoms with Crippen LogP contribution in [0.5, 0.6) is 0 Å². The van der Waals surface area contributed by atoms with E-state index in [2.05, 4.69) is 19.2 Å². The van der Waals surface area contributed by atoms with Crippen LogP contribution in [0.15, 0.2) is 12.2 Å². The topological polar surface area (TPSA) is 105 Å². The van der Waals surface area contributed by atoms with E-state index < -0.39 is 20.0 Å². The molecule has 0 saturated carbocycles. The number of likely N-dealkylation sites (N-methyl/N-ethyl adjacent to an activating group) is 1. The van der Waals surface area contributed by atoms with Gasteiger partial charge in [0.25, 0.3) is 0 Å². The number of rotatable bonds is 21. The first-order chi connectivity index (χ1) is 15.5. The quantitative estimate of drug-likeness (QED) is 0.0937. The Labute approximate surface area is 201 Å². The van der Waals surface area contributed by atoms with Crippen molar-refractivity contribution in [2.75, 3.05) is 40.9 Å². The number of aliphatic hydroxyl groups is 1. The molecule has 3 N–H and O–H groups in total. The lowest BCUT2D eigenvalue weighted by atomic mass is 10.1. The summed E-state index contributed by atoms with van der Waals surface area (Å²) in [6, 6.07) is -0.831. The van der Waals surface area contributed by atoms with Gasteiger partial charge in [0.05, 0.1) is 39.9 Å². The van der Waals surface area contributed by atoms with Crippen LogP contribution in [0.3, 0.4) is 0 Å². The number of phosphoric ester groups is 1. The fourth-order valence-corrected chi connectivity index (χ4v) is 3.83. The van der Waals surface area contributed by atoms with E-state index in [0.29, 0.717) is 17.4 Å². The molecular weight excluding hydrogens is 443 g/mol. The van der Waals surface area contributed by atoms with Crippen molar-refractivity contribution < 1.29 is 32.9 Å². The Morgan fingerprint density at radius 1 is 1.00 bits per heavy atom. The number of hydrogen-bond acceptors (Lipinski definition) is 5. The van der Waals surface area contributed by atoms with Gasteiger partial charge in [0, 0.05) is 6.42 Å². The van der Waals surface area contributed by atoms with Crippen molar-refractivity contribution in [2.24, 2.45) is 0 Å². The van der Waals surface area contributed by atoms with E-state index in [1.807, 2.05) is 27.2 Å². The van der Waals surface area contributed by atoms with Crippen molar-refractivity contribution in [3.8, 4) is 0 Å². The number of unbranched alkanes of at least 4 members (excludes halogenated alkanes) is 8. The molecule has 0 aromatic carbocycles. The highest BCUT2D eigenvalue weighted by atomic mass is 31.2. The maximum atomic E-state index is 12.3. The minimum atomic E-state index is -4.29. The maximum Gasteiger partial charge on any atom is 0.472 e. The molecule has 3 unspecified atom stereocenters. The molecule has 0 fully saturated rings. The van der Waals surface area contributed by atoms with Gasteiger partial charge in [-0.2, -0.15) is 0 Å². The summed E-state index contributed by atoms with van der Waals surface area (Å²) in [4.78, 5) is 22.3. The average Bonchev–Trinajstić information content (AvgIpc) is 2.72. The number of allylic oxidation sites excluding steroid dienone is 1. The normalized spacial score (nSPS) is 16.0. The molecule has 0 aliphatic carbocycles. The number of aliphatic hydroxyl groups excluding tert-OH is 1. The van der Waals surface area contributed by atoms with E-state index in [1.165, 1.54) is 25.7 Å². The largest absolute Gasteiger partial charge is 0.472 e. The lowest BCUT2D eigenvalue weighted by Crippen LogP contribution is -2.45. The van der Waals surface area contributed by atoms with Gasteiger partial charge >= 0.3 is 7.82 Å². The van der Waals surface area contributed by atoms with Gasteiger partial charge in [-0.25, -0.2) is 4.57 Å². The summed E-state index contributed by atoms with van der Waals surface area (Å²) in [7, 11) is 1.56. The van der Waals surface area contributed by atoms with Gasteiger partial charge in [-0.05, 0) is 19.3 Å². The van der Waals surface area contributed by atoms with Gasteiger partial charge in [-0.3, -0.25) is 13.8 Å². The number of carbonyl (C=O) groups excluding carboxylic acids is 1. The van der Waals surface area contributed by atoms with Gasteiger partial charge in [-0.15, -0.1) is 0 Å². The van der Waals surface area contributed by atoms with Crippen molar-refractivity contribution in [1.29, 1.82) is 0 Å². The summed E-state index contributed by atoms with van der Waals surface area (Å²) in [6.45, 7) is 4.53. The summed E-state index contributed by atoms with van der Waals surface area (Å²) in [6.07, 6.45) is 13.6. The van der Waals surface area contributed by atoms with Crippen molar-refractivity contribution in [1.82, 2.24) is 5.32 Å². The van der Waals surface area contributed by atoms with Gasteiger partial charge < -0.3 is 19.8 Å². The zero-order valence-corrected chi connectivity index (χ0v) is 22.5. The molecule has 0 aromatic heterocycles. The average molecular weight is 494 g/mol. The molecule has 0 spiro atoms. The number of nitrogens with zero attached hydrogens (tertiary/aromatic N) is 1. The Hall–Kier alpha value is -0.760. The van der Waals surface area contributed by atoms with Crippen molar-refractivity contribution in [3.05, 3.63) is 12.2 Å². The highest BCUT2D eigenvalue weighted by Crippen LogP contribution is 2.43. The van der Waals surface area contributed by atoms with Crippen LogP contribution >= 0.6 is 7.82 Å². The molecule has 0 rings (SSSR count). The van der Waals surface area contributed by atoms with Crippen LogP contribution < -0.4 is 5.32 Å². The molecule has 3 atom stereocenters. The van der Waals surface area contributed by atoms with Crippen LogP contribution in [-0.2, 0) is 18.4 Å². The highest BCUT2D eigenvalue weighted by molar-refractivity contribution is 7.47. The van der Waals surface area contributed by atoms with E-state index in [-0.39, 0.29) is 19.1 Å². The summed E-state index contributed by atoms with van der Waals surface area (Å²) in [5.41, 5.74) is 0. The summed E-state index contributed by atoms with van der Waals surface area (Å²) >= 11 is 0. The number of hydrogen-bond donors (Lipinski definition) is 3. The monoisotopic (exact) mass is 493 g/mol. The molecule has 0 bridgehead atoms. The molecule has 0 aromatic rings. The fourth-order valence-electron chi connectivity index (χ4n) is 3.09. The SMILES string of the molecule is CCCCCCCC/C=C/C(O)C(COP(=O)(O)OCC[N+](C)(C)C)NC(=O)CCCCC. The standard InChI is InChI=1S/C24H49N2O6P/c1-6-8-10-11-12-13-14-16-17-23(27)22(25-24(28)18-15-9-7-2)21-32-33(29,30)31-20-19-26(3,4)5/h16-17,22-23,27H,6-15,18-21H2,1-5H3,(H-,25,28,29,30)/p+1/b17-16+. The Morgan fingerprint density at radius 2 is 1.61 bits per heavy atom. The van der Waals surface area contributed by atoms with Gasteiger partial charge in [0.2, 0.25) is 5.91 Å². The smallest absolute Gasteiger partial charge is 0.387 e. The van der Waals surface area contributed by atoms with Gasteiger partial charge in [0.1, 0.15) is 13.2 Å². The van der Waals surface area contributed by atoms with Crippen LogP contribution in [0, 0.1) is 0 Å². The second-order valence-corrected chi connectivity index (χ2v) is 11.2. The Morgan fingerprint density at radius 3 is 2.24 bits per heavy atom. The predicted octanol–water partition coefficient (Wildman–Crippen LogP) is 4.56. The minimum absolute atomic E-state index is 0.0615. The van der Waals surface area contributed by atoms with Crippen molar-refractivity contribution in [2.45, 2.75) is 96.6 Å². The predicted molar refractivity (Wildman–Crippen MR) is 134 cm³/mol. The van der Waals surface area contributed by atoms with E-state index in [1.54, 1.807) is 6.08 Å². The highest BCUT2D eigenvalue weighted by Gasteiger charge is 2.27. The minimum Gasteiger partial charge on any atom is -0.387 e. The van der Waals surface area contributed by atoms with Crippen LogP contribution in [0.4, 0.5) is 0 Å². The molecule has 0 radical (unpaired) electrons. The van der Waals surface area contributed by atoms with Crippen LogP contribution in [0.1, 0.15) is 84.5 Å². The molecule has 0 saturated heterocycles. The third-order valence-corrected chi connectivity index (χ3v) is 6.24. The van der Waals surface area contributed by atoms with E-state index >= 15 is 0 Å². The van der Waals surface area contributed by atoms with Crippen LogP contribution in [0.2, 0.25) is 0 Å². The summed E-state index contributed by atoms with van der Waals surface area (Å²) < 4.78 is 22.9. The molecule has 33 heavy (non-hydrogen) atoms. The number of carbonyl (C=O) groups is 1. The Balaban J connectivity index is 4.73. The first-order valence-electron chi connectivity index (χ1n) is 12.6. The third kappa shape index (κ3) is 20.3. The summed E-state index contributed by atoms with van der Waals surface area (Å²) in [5, 5.41) is 13.3. The van der Waals surface area contributed by atoms with Crippen LogP contribution in [0.25, 0.3) is 0 Å². The molecular formula is C24H50N2O6P+. The van der Waals surface area contributed by atoms with Crippen molar-refractivity contribution in [3.63, 3.8) is 0 Å². The number of phosphoric acid groups is 1. The first-order valence-corrected chi connectivity index (χ1v) is 14.1. The molecule has 8 nitrogen and oxygen atoms in total. The van der Waals surface area contributed by atoms with E-state index in [9.17, 15) is 19.4 Å². The fraction of sp³-hybridized carbons (Fsp3) is 0.875. The molecule has 1 amide bonds. The van der Waals surface area contributed by atoms with Gasteiger partial charge in [0.15, 0.2) is 0 Å². The maximum absolute atomic E-state index is 12.3. The Kier molecular flexibility index (Phi) is 18.1. The second kappa shape index (κ2) is 18.6. The zero-order valence-electron chi connectivity index (χ0n) is 21.6. The second-order valence-electron chi connectivity index (χ2n) is 9.72. The molecule has 196 valence electrons. The molecule has 0 aliphatic heterocycles. The molecule has 0 aliphatic rings. The third-order valence-electron chi connectivity index (χ3n) is 5.26. The lowest BCUT2D eigenvalue weighted by molar-refractivity contribution is -0.870. The molecule has 0 heterocycles. The lowest BCUT2D eigenvalue weighted by Gasteiger charge is -2.25. The van der Waals surface area contributed by atoms with Crippen molar-refractivity contribution >= 4 is 13.7 Å². The summed E-state index contributed by atoms with van der Waals surface area (Å²) in [5.74, 6) is -0.209. The first kappa shape index (κ1) is 32.2. The van der Waals surface area contributed by atoms with Gasteiger partial charge in [-0.1, -0.05) is 70.9 Å². The van der Waals surface area contributed by atoms with E-state index in [0.717, 1.165) is 38.5 Å². The number of amides is 1. The Bertz CT molecular complexity index is 580. The van der Waals surface area contributed by atoms with E-state index in [4.69, 9.17) is 9.05 Å².